The van der Waals surface area contributed by atoms with Crippen LogP contribution in [-0.2, 0) is 6.61 Å². The summed E-state index contributed by atoms with van der Waals surface area (Å²) in [5.41, 5.74) is 0.894. The zero-order chi connectivity index (χ0) is 14.5. The number of ether oxygens (including phenoxy) is 2. The average molecular weight is 273 g/mol. The smallest absolute Gasteiger partial charge is 0.292 e. The van der Waals surface area contributed by atoms with Crippen LogP contribution in [0.3, 0.4) is 0 Å². The lowest BCUT2D eigenvalue weighted by atomic mass is 10.2. The first-order chi connectivity index (χ1) is 9.63. The van der Waals surface area contributed by atoms with E-state index in [0.717, 1.165) is 0 Å². The van der Waals surface area contributed by atoms with Crippen molar-refractivity contribution < 1.29 is 19.0 Å². The van der Waals surface area contributed by atoms with Gasteiger partial charge in [-0.2, -0.15) is 0 Å². The van der Waals surface area contributed by atoms with Crippen molar-refractivity contribution in [3.05, 3.63) is 53.3 Å². The minimum absolute atomic E-state index is 0.128. The van der Waals surface area contributed by atoms with E-state index in [1.807, 2.05) is 0 Å². The number of aromatic hydroxyl groups is 1. The quantitative estimate of drug-likeness (QED) is 0.868. The summed E-state index contributed by atoms with van der Waals surface area (Å²) in [4.78, 5) is 0. The van der Waals surface area contributed by atoms with Gasteiger partial charge in [0.25, 0.3) is 6.26 Å². The third-order valence-corrected chi connectivity index (χ3v) is 2.83. The van der Waals surface area contributed by atoms with Gasteiger partial charge in [-0.3, -0.25) is 0 Å². The molecule has 102 valence electrons. The molecule has 0 aliphatic heterocycles. The molecule has 20 heavy (non-hydrogen) atoms. The molecule has 0 spiro atoms. The molecule has 0 aliphatic rings. The second-order valence-corrected chi connectivity index (χ2v) is 4.11. The highest BCUT2D eigenvalue weighted by Gasteiger charge is 2.11. The maximum absolute atomic E-state index is 13.5. The predicted octanol–water partition coefficient (Wildman–Crippen LogP) is 3.28. The summed E-state index contributed by atoms with van der Waals surface area (Å²) < 4.78 is 23.8. The third-order valence-electron chi connectivity index (χ3n) is 2.83. The Labute approximate surface area is 115 Å². The van der Waals surface area contributed by atoms with Crippen LogP contribution in [0.2, 0.25) is 0 Å². The van der Waals surface area contributed by atoms with Gasteiger partial charge in [-0.25, -0.2) is 4.39 Å². The van der Waals surface area contributed by atoms with Gasteiger partial charge in [-0.15, -0.1) is 5.26 Å². The van der Waals surface area contributed by atoms with Crippen molar-refractivity contribution in [2.75, 3.05) is 0 Å². The van der Waals surface area contributed by atoms with Crippen molar-refractivity contribution in [1.29, 1.82) is 5.26 Å². The molecule has 2 aromatic rings. The maximum atomic E-state index is 13.5. The van der Waals surface area contributed by atoms with E-state index < -0.39 is 11.6 Å². The second-order valence-electron chi connectivity index (χ2n) is 4.11. The Kier molecular flexibility index (Phi) is 4.06. The average Bonchev–Trinajstić information content (AvgIpc) is 2.46. The summed E-state index contributed by atoms with van der Waals surface area (Å²) in [6.07, 6.45) is 1.60. The maximum Gasteiger partial charge on any atom is 0.292 e. The Bertz CT molecular complexity index is 665. The Morgan fingerprint density at radius 1 is 1.20 bits per heavy atom. The van der Waals surface area contributed by atoms with E-state index in [2.05, 4.69) is 0 Å². The number of benzene rings is 2. The molecule has 0 aromatic heterocycles. The standard InChI is InChI=1S/C15H12FNO3/c1-10-13(7-6-12(18)15(10)16)19-8-11-4-2-3-5-14(11)20-9-17/h2-7,18H,8H2,1H3. The van der Waals surface area contributed by atoms with Crippen LogP contribution in [0.15, 0.2) is 36.4 Å². The monoisotopic (exact) mass is 273 g/mol. The predicted molar refractivity (Wildman–Crippen MR) is 69.8 cm³/mol. The van der Waals surface area contributed by atoms with Gasteiger partial charge >= 0.3 is 0 Å². The minimum Gasteiger partial charge on any atom is -0.505 e. The van der Waals surface area contributed by atoms with Gasteiger partial charge in [0.05, 0.1) is 0 Å². The van der Waals surface area contributed by atoms with Gasteiger partial charge in [0, 0.05) is 11.1 Å². The van der Waals surface area contributed by atoms with E-state index >= 15 is 0 Å². The molecular formula is C15H12FNO3. The first-order valence-electron chi connectivity index (χ1n) is 5.88. The summed E-state index contributed by atoms with van der Waals surface area (Å²) >= 11 is 0. The number of phenolic OH excluding ortho intramolecular Hbond substituents is 1. The van der Waals surface area contributed by atoms with Gasteiger partial charge in [0.2, 0.25) is 0 Å². The van der Waals surface area contributed by atoms with Crippen LogP contribution in [0.25, 0.3) is 0 Å². The summed E-state index contributed by atoms with van der Waals surface area (Å²) in [6, 6.07) is 9.64. The number of nitrogens with zero attached hydrogens (tertiary/aromatic N) is 1. The van der Waals surface area contributed by atoms with Crippen LogP contribution < -0.4 is 9.47 Å². The first-order valence-corrected chi connectivity index (χ1v) is 5.88. The minimum atomic E-state index is -0.705. The van der Waals surface area contributed by atoms with Crippen molar-refractivity contribution in [3.63, 3.8) is 0 Å². The molecule has 0 unspecified atom stereocenters. The Morgan fingerprint density at radius 3 is 2.70 bits per heavy atom. The molecular weight excluding hydrogens is 261 g/mol. The molecule has 0 bridgehead atoms. The van der Waals surface area contributed by atoms with Crippen LogP contribution in [0.1, 0.15) is 11.1 Å². The van der Waals surface area contributed by atoms with E-state index in [9.17, 15) is 9.50 Å². The fourth-order valence-electron chi connectivity index (χ4n) is 1.74. The molecule has 0 aliphatic carbocycles. The number of phenols is 1. The first kappa shape index (κ1) is 13.7. The van der Waals surface area contributed by atoms with Crippen LogP contribution in [0.4, 0.5) is 4.39 Å². The van der Waals surface area contributed by atoms with Gasteiger partial charge in [0.1, 0.15) is 18.1 Å². The second kappa shape index (κ2) is 5.93. The summed E-state index contributed by atoms with van der Waals surface area (Å²) in [5, 5.41) is 17.8. The molecule has 0 amide bonds. The molecule has 0 radical (unpaired) electrons. The lowest BCUT2D eigenvalue weighted by molar-refractivity contribution is 0.295. The fourth-order valence-corrected chi connectivity index (χ4v) is 1.74. The zero-order valence-corrected chi connectivity index (χ0v) is 10.8. The number of hydrogen-bond donors (Lipinski definition) is 1. The van der Waals surface area contributed by atoms with Crippen molar-refractivity contribution in [3.8, 4) is 23.5 Å². The van der Waals surface area contributed by atoms with Crippen molar-refractivity contribution in [2.45, 2.75) is 13.5 Å². The van der Waals surface area contributed by atoms with Crippen molar-refractivity contribution in [1.82, 2.24) is 0 Å². The van der Waals surface area contributed by atoms with Crippen LogP contribution in [-0.4, -0.2) is 5.11 Å². The summed E-state index contributed by atoms with van der Waals surface area (Å²) in [5.74, 6) is -0.397. The van der Waals surface area contributed by atoms with E-state index in [-0.39, 0.29) is 12.2 Å². The number of hydrogen-bond acceptors (Lipinski definition) is 4. The van der Waals surface area contributed by atoms with E-state index in [0.29, 0.717) is 17.1 Å². The Morgan fingerprint density at radius 2 is 1.95 bits per heavy atom. The number of rotatable bonds is 4. The molecule has 0 heterocycles. The third kappa shape index (κ3) is 2.81. The summed E-state index contributed by atoms with van der Waals surface area (Å²) in [6.45, 7) is 1.64. The molecule has 2 rings (SSSR count). The SMILES string of the molecule is Cc1c(OCc2ccccc2OC#N)ccc(O)c1F. The van der Waals surface area contributed by atoms with Gasteiger partial charge < -0.3 is 14.6 Å². The van der Waals surface area contributed by atoms with Gasteiger partial charge in [-0.05, 0) is 25.1 Å². The van der Waals surface area contributed by atoms with E-state index in [1.54, 1.807) is 30.5 Å². The zero-order valence-electron chi connectivity index (χ0n) is 10.8. The lowest BCUT2D eigenvalue weighted by Crippen LogP contribution is -2.00. The Hall–Kier alpha value is -2.74. The molecule has 5 heteroatoms. The number of halogens is 1. The van der Waals surface area contributed by atoms with E-state index in [4.69, 9.17) is 14.7 Å². The fraction of sp³-hybridized carbons (Fsp3) is 0.133. The highest BCUT2D eigenvalue weighted by Crippen LogP contribution is 2.28. The normalized spacial score (nSPS) is 9.85. The number of nitriles is 1. The molecule has 0 saturated heterocycles. The van der Waals surface area contributed by atoms with Crippen LogP contribution in [0, 0.1) is 24.3 Å². The molecule has 0 fully saturated rings. The highest BCUT2D eigenvalue weighted by molar-refractivity contribution is 5.41. The largest absolute Gasteiger partial charge is 0.505 e. The number of para-hydroxylation sites is 1. The van der Waals surface area contributed by atoms with E-state index in [1.165, 1.54) is 19.1 Å². The molecule has 4 nitrogen and oxygen atoms in total. The van der Waals surface area contributed by atoms with Gasteiger partial charge in [0.15, 0.2) is 11.6 Å². The topological polar surface area (TPSA) is 62.5 Å². The highest BCUT2D eigenvalue weighted by atomic mass is 19.1. The summed E-state index contributed by atoms with van der Waals surface area (Å²) in [7, 11) is 0. The Balaban J connectivity index is 2.18. The van der Waals surface area contributed by atoms with Crippen molar-refractivity contribution >= 4 is 0 Å². The van der Waals surface area contributed by atoms with Crippen molar-refractivity contribution in [2.24, 2.45) is 0 Å². The lowest BCUT2D eigenvalue weighted by Gasteiger charge is -2.11. The van der Waals surface area contributed by atoms with Crippen LogP contribution in [0.5, 0.6) is 17.2 Å². The van der Waals surface area contributed by atoms with Gasteiger partial charge in [-0.1, -0.05) is 18.2 Å². The molecule has 1 N–H and O–H groups in total. The molecule has 0 saturated carbocycles. The molecule has 0 atom stereocenters. The van der Waals surface area contributed by atoms with Crippen LogP contribution >= 0.6 is 0 Å². The molecule has 2 aromatic carbocycles.